The maximum atomic E-state index is 6.38. The summed E-state index contributed by atoms with van der Waals surface area (Å²) in [4.78, 5) is 4.59. The summed E-state index contributed by atoms with van der Waals surface area (Å²) >= 11 is 0. The van der Waals surface area contributed by atoms with Gasteiger partial charge in [-0.2, -0.15) is 0 Å². The number of rotatable bonds is 10. The molecule has 0 fully saturated rings. The van der Waals surface area contributed by atoms with Crippen molar-refractivity contribution in [1.29, 1.82) is 0 Å². The number of hydrogen-bond donors (Lipinski definition) is 0. The van der Waals surface area contributed by atoms with Crippen molar-refractivity contribution in [2.75, 3.05) is 9.80 Å². The smallest absolute Gasteiger partial charge is 0.137 e. The van der Waals surface area contributed by atoms with Gasteiger partial charge >= 0.3 is 0 Å². The maximum Gasteiger partial charge on any atom is 0.137 e. The first-order valence-electron chi connectivity index (χ1n) is 23.7. The summed E-state index contributed by atoms with van der Waals surface area (Å²) < 4.78 is 12.8. The Balaban J connectivity index is 0.769. The molecular weight excluding hydrogens is 853 g/mol. The summed E-state index contributed by atoms with van der Waals surface area (Å²) in [5.41, 5.74) is 19.2. The number of anilines is 6. The predicted octanol–water partition coefficient (Wildman–Crippen LogP) is 19.1. The molecule has 70 heavy (non-hydrogen) atoms. The molecule has 330 valence electrons. The van der Waals surface area contributed by atoms with Gasteiger partial charge in [-0.15, -0.1) is 0 Å². The van der Waals surface area contributed by atoms with Crippen molar-refractivity contribution in [3.63, 3.8) is 0 Å². The summed E-state index contributed by atoms with van der Waals surface area (Å²) in [6, 6.07) is 94.7. The first-order valence-corrected chi connectivity index (χ1v) is 23.7. The molecule has 13 rings (SSSR count). The first kappa shape index (κ1) is 40.9. The molecular formula is C66H44N2O2. The van der Waals surface area contributed by atoms with Crippen molar-refractivity contribution in [3.8, 4) is 44.5 Å². The molecule has 0 spiro atoms. The van der Waals surface area contributed by atoms with Crippen LogP contribution in [0.3, 0.4) is 0 Å². The molecule has 0 aliphatic carbocycles. The summed E-state index contributed by atoms with van der Waals surface area (Å²) in [5, 5.41) is 4.42. The molecule has 0 unspecified atom stereocenters. The van der Waals surface area contributed by atoms with Crippen LogP contribution in [0, 0.1) is 0 Å². The lowest BCUT2D eigenvalue weighted by molar-refractivity contribution is 0.669. The van der Waals surface area contributed by atoms with Crippen LogP contribution in [0.15, 0.2) is 276 Å². The standard InChI is InChI=1S/C66H44N2O2/c1-3-11-45(12-4-1)46-19-21-47(22-20-46)50-27-33-54(34-28-50)67(53-13-5-2-6-14-53)55-35-29-51(30-36-55)48-23-25-49(26-24-48)52-31-37-56(38-32-52)68(57-39-41-61-59-15-7-9-17-63(59)69-65(61)43-57)58-40-42-62-60-16-8-10-18-64(60)70-66(62)44-58/h1-44H. The topological polar surface area (TPSA) is 32.8 Å². The van der Waals surface area contributed by atoms with E-state index in [0.717, 1.165) is 100 Å². The minimum atomic E-state index is 0.848. The highest BCUT2D eigenvalue weighted by molar-refractivity contribution is 6.08. The van der Waals surface area contributed by atoms with Gasteiger partial charge in [-0.05, 0) is 129 Å². The van der Waals surface area contributed by atoms with E-state index in [-0.39, 0.29) is 0 Å². The fraction of sp³-hybridized carbons (Fsp3) is 0. The number of fused-ring (bicyclic) bond motifs is 6. The molecule has 0 bridgehead atoms. The number of hydrogen-bond acceptors (Lipinski definition) is 4. The van der Waals surface area contributed by atoms with Crippen LogP contribution < -0.4 is 9.80 Å². The molecule has 13 aromatic rings. The highest BCUT2D eigenvalue weighted by Gasteiger charge is 2.19. The third kappa shape index (κ3) is 7.54. The molecule has 0 N–H and O–H groups in total. The van der Waals surface area contributed by atoms with Crippen LogP contribution in [-0.4, -0.2) is 0 Å². The second-order valence-electron chi connectivity index (χ2n) is 17.7. The van der Waals surface area contributed by atoms with Crippen molar-refractivity contribution in [3.05, 3.63) is 267 Å². The van der Waals surface area contributed by atoms with Crippen LogP contribution >= 0.6 is 0 Å². The van der Waals surface area contributed by atoms with Crippen LogP contribution in [0.1, 0.15) is 0 Å². The Morgan fingerprint density at radius 1 is 0.186 bits per heavy atom. The molecule has 4 nitrogen and oxygen atoms in total. The number of nitrogens with zero attached hydrogens (tertiary/aromatic N) is 2. The lowest BCUT2D eigenvalue weighted by atomic mass is 9.99. The Labute approximate surface area is 406 Å². The van der Waals surface area contributed by atoms with E-state index >= 15 is 0 Å². The Hall–Kier alpha value is -9.38. The molecule has 0 aliphatic heterocycles. The first-order chi connectivity index (χ1) is 34.7. The van der Waals surface area contributed by atoms with Crippen LogP contribution in [0.4, 0.5) is 34.1 Å². The van der Waals surface area contributed by atoms with Crippen molar-refractivity contribution in [2.24, 2.45) is 0 Å². The molecule has 0 aliphatic rings. The third-order valence-corrected chi connectivity index (χ3v) is 13.5. The van der Waals surface area contributed by atoms with Crippen LogP contribution in [-0.2, 0) is 0 Å². The van der Waals surface area contributed by atoms with Gasteiger partial charge in [-0.1, -0.05) is 170 Å². The molecule has 11 aromatic carbocycles. The minimum Gasteiger partial charge on any atom is -0.456 e. The zero-order valence-corrected chi connectivity index (χ0v) is 38.1. The molecule has 0 saturated carbocycles. The summed E-state index contributed by atoms with van der Waals surface area (Å²) in [7, 11) is 0. The van der Waals surface area contributed by atoms with Crippen molar-refractivity contribution < 1.29 is 8.83 Å². The van der Waals surface area contributed by atoms with E-state index in [9.17, 15) is 0 Å². The quantitative estimate of drug-likeness (QED) is 0.137. The van der Waals surface area contributed by atoms with E-state index in [4.69, 9.17) is 8.83 Å². The van der Waals surface area contributed by atoms with Gasteiger partial charge in [0.15, 0.2) is 0 Å². The molecule has 0 saturated heterocycles. The summed E-state index contributed by atoms with van der Waals surface area (Å²) in [6.45, 7) is 0. The van der Waals surface area contributed by atoms with Gasteiger partial charge in [0, 0.05) is 67.8 Å². The Bertz CT molecular complexity index is 3840. The van der Waals surface area contributed by atoms with Gasteiger partial charge in [0.1, 0.15) is 22.3 Å². The number of para-hydroxylation sites is 3. The SMILES string of the molecule is c1ccc(-c2ccc(-c3ccc(N(c4ccccc4)c4ccc(-c5ccc(-c6ccc(N(c7ccc8c(c7)oc7ccccc78)c7ccc8c(c7)oc7ccccc78)cc6)cc5)cc4)cc3)cc2)cc1. The number of furan rings is 2. The van der Waals surface area contributed by atoms with Gasteiger partial charge in [0.25, 0.3) is 0 Å². The lowest BCUT2D eigenvalue weighted by Crippen LogP contribution is -2.09. The predicted molar refractivity (Wildman–Crippen MR) is 292 cm³/mol. The normalized spacial score (nSPS) is 11.4. The molecule has 4 heteroatoms. The fourth-order valence-corrected chi connectivity index (χ4v) is 9.93. The maximum absolute atomic E-state index is 6.38. The summed E-state index contributed by atoms with van der Waals surface area (Å²) in [6.07, 6.45) is 0. The van der Waals surface area contributed by atoms with E-state index in [0.29, 0.717) is 0 Å². The van der Waals surface area contributed by atoms with Crippen molar-refractivity contribution in [2.45, 2.75) is 0 Å². The Kier molecular flexibility index (Phi) is 10.1. The third-order valence-electron chi connectivity index (χ3n) is 13.5. The summed E-state index contributed by atoms with van der Waals surface area (Å²) in [5.74, 6) is 0. The zero-order chi connectivity index (χ0) is 46.4. The zero-order valence-electron chi connectivity index (χ0n) is 38.1. The van der Waals surface area contributed by atoms with E-state index in [2.05, 4.69) is 252 Å². The molecule has 2 heterocycles. The molecule has 0 atom stereocenters. The average molecular weight is 897 g/mol. The molecule has 2 aromatic heterocycles. The van der Waals surface area contributed by atoms with Gasteiger partial charge in [0.2, 0.25) is 0 Å². The Morgan fingerprint density at radius 3 is 0.829 bits per heavy atom. The highest BCUT2D eigenvalue weighted by atomic mass is 16.3. The monoisotopic (exact) mass is 896 g/mol. The largest absolute Gasteiger partial charge is 0.456 e. The van der Waals surface area contributed by atoms with Crippen molar-refractivity contribution >= 4 is 78.0 Å². The minimum absolute atomic E-state index is 0.848. The average Bonchev–Trinajstić information content (AvgIpc) is 4.00. The van der Waals surface area contributed by atoms with Crippen LogP contribution in [0.25, 0.3) is 88.4 Å². The van der Waals surface area contributed by atoms with E-state index < -0.39 is 0 Å². The van der Waals surface area contributed by atoms with Gasteiger partial charge < -0.3 is 18.6 Å². The molecule has 0 radical (unpaired) electrons. The van der Waals surface area contributed by atoms with Gasteiger partial charge in [-0.25, -0.2) is 0 Å². The van der Waals surface area contributed by atoms with Crippen LogP contribution in [0.5, 0.6) is 0 Å². The van der Waals surface area contributed by atoms with Gasteiger partial charge in [-0.3, -0.25) is 0 Å². The van der Waals surface area contributed by atoms with E-state index in [1.54, 1.807) is 0 Å². The lowest BCUT2D eigenvalue weighted by Gasteiger charge is -2.26. The number of benzene rings is 11. The second kappa shape index (κ2) is 17.4. The van der Waals surface area contributed by atoms with Crippen LogP contribution in [0.2, 0.25) is 0 Å². The van der Waals surface area contributed by atoms with E-state index in [1.165, 1.54) is 22.3 Å². The van der Waals surface area contributed by atoms with Gasteiger partial charge in [0.05, 0.1) is 0 Å². The Morgan fingerprint density at radius 2 is 0.443 bits per heavy atom. The fourth-order valence-electron chi connectivity index (χ4n) is 9.93. The van der Waals surface area contributed by atoms with E-state index in [1.807, 2.05) is 24.3 Å². The second-order valence-corrected chi connectivity index (χ2v) is 17.7. The molecule has 0 amide bonds. The highest BCUT2D eigenvalue weighted by Crippen LogP contribution is 2.42. The van der Waals surface area contributed by atoms with Crippen molar-refractivity contribution in [1.82, 2.24) is 0 Å².